The maximum Gasteiger partial charge on any atom is 0.254 e. The quantitative estimate of drug-likeness (QED) is 0.848. The molecule has 1 aromatic rings. The highest BCUT2D eigenvalue weighted by Gasteiger charge is 2.36. The standard InChI is InChI=1S/C19H31N3O3S/c1-6-22(7-2)26(24,25)15-9-8-14(3)16(12-15)18(23)21-11-10-17(20)19(4,5)13-21/h8-9,12,17H,6-7,10-11,13,20H2,1-5H3. The fourth-order valence-electron chi connectivity index (χ4n) is 3.42. The fraction of sp³-hybridized carbons (Fsp3) is 0.632. The van der Waals surface area contributed by atoms with Crippen molar-refractivity contribution < 1.29 is 13.2 Å². The second-order valence-corrected chi connectivity index (χ2v) is 9.61. The Hall–Kier alpha value is -1.44. The molecular weight excluding hydrogens is 350 g/mol. The number of benzene rings is 1. The van der Waals surface area contributed by atoms with Gasteiger partial charge < -0.3 is 10.6 Å². The number of carbonyl (C=O) groups excluding carboxylic acids is 1. The van der Waals surface area contributed by atoms with Crippen molar-refractivity contribution >= 4 is 15.9 Å². The summed E-state index contributed by atoms with van der Waals surface area (Å²) in [5.41, 5.74) is 7.23. The summed E-state index contributed by atoms with van der Waals surface area (Å²) >= 11 is 0. The molecule has 1 unspecified atom stereocenters. The van der Waals surface area contributed by atoms with E-state index < -0.39 is 10.0 Å². The predicted molar refractivity (Wildman–Crippen MR) is 104 cm³/mol. The van der Waals surface area contributed by atoms with Gasteiger partial charge in [-0.05, 0) is 36.5 Å². The Morgan fingerprint density at radius 3 is 2.46 bits per heavy atom. The van der Waals surface area contributed by atoms with Gasteiger partial charge in [-0.25, -0.2) is 8.42 Å². The molecule has 1 amide bonds. The van der Waals surface area contributed by atoms with Crippen molar-refractivity contribution in [3.63, 3.8) is 0 Å². The highest BCUT2D eigenvalue weighted by molar-refractivity contribution is 7.89. The topological polar surface area (TPSA) is 83.7 Å². The minimum Gasteiger partial charge on any atom is -0.338 e. The van der Waals surface area contributed by atoms with Crippen LogP contribution in [0.2, 0.25) is 0 Å². The van der Waals surface area contributed by atoms with Gasteiger partial charge in [-0.3, -0.25) is 4.79 Å². The van der Waals surface area contributed by atoms with Crippen LogP contribution in [0.1, 0.15) is 50.0 Å². The lowest BCUT2D eigenvalue weighted by Gasteiger charge is -2.42. The minimum absolute atomic E-state index is 0.0574. The molecule has 0 aromatic heterocycles. The fourth-order valence-corrected chi connectivity index (χ4v) is 4.91. The van der Waals surface area contributed by atoms with Gasteiger partial charge in [0.1, 0.15) is 0 Å². The molecule has 146 valence electrons. The third-order valence-electron chi connectivity index (χ3n) is 5.38. The van der Waals surface area contributed by atoms with Gasteiger partial charge in [0.25, 0.3) is 5.91 Å². The van der Waals surface area contributed by atoms with E-state index in [9.17, 15) is 13.2 Å². The van der Waals surface area contributed by atoms with Crippen molar-refractivity contribution in [3.05, 3.63) is 29.3 Å². The van der Waals surface area contributed by atoms with Crippen molar-refractivity contribution in [2.24, 2.45) is 11.1 Å². The van der Waals surface area contributed by atoms with Crippen molar-refractivity contribution in [3.8, 4) is 0 Å². The number of aryl methyl sites for hydroxylation is 1. The SMILES string of the molecule is CCN(CC)S(=O)(=O)c1ccc(C)c(C(=O)N2CCC(N)C(C)(C)C2)c1. The van der Waals surface area contributed by atoms with E-state index in [1.165, 1.54) is 10.4 Å². The molecule has 1 fully saturated rings. The minimum atomic E-state index is -3.59. The predicted octanol–water partition coefficient (Wildman–Crippen LogP) is 2.22. The Morgan fingerprint density at radius 1 is 1.31 bits per heavy atom. The lowest BCUT2D eigenvalue weighted by molar-refractivity contribution is 0.0532. The zero-order valence-electron chi connectivity index (χ0n) is 16.4. The Morgan fingerprint density at radius 2 is 1.92 bits per heavy atom. The molecule has 1 aliphatic heterocycles. The van der Waals surface area contributed by atoms with Gasteiger partial charge in [0.15, 0.2) is 0 Å². The summed E-state index contributed by atoms with van der Waals surface area (Å²) in [7, 11) is -3.59. The van der Waals surface area contributed by atoms with E-state index in [0.717, 1.165) is 12.0 Å². The maximum atomic E-state index is 13.1. The first-order chi connectivity index (χ1) is 12.0. The molecule has 1 heterocycles. The van der Waals surface area contributed by atoms with Gasteiger partial charge in [0.05, 0.1) is 4.90 Å². The molecule has 0 bridgehead atoms. The van der Waals surface area contributed by atoms with Crippen molar-refractivity contribution in [1.29, 1.82) is 0 Å². The van der Waals surface area contributed by atoms with Gasteiger partial charge in [-0.2, -0.15) is 4.31 Å². The van der Waals surface area contributed by atoms with Crippen LogP contribution < -0.4 is 5.73 Å². The van der Waals surface area contributed by atoms with E-state index in [2.05, 4.69) is 13.8 Å². The van der Waals surface area contributed by atoms with Crippen LogP contribution in [-0.4, -0.2) is 55.8 Å². The van der Waals surface area contributed by atoms with Gasteiger partial charge in [0, 0.05) is 37.8 Å². The number of sulfonamides is 1. The van der Waals surface area contributed by atoms with Crippen molar-refractivity contribution in [2.75, 3.05) is 26.2 Å². The largest absolute Gasteiger partial charge is 0.338 e. The van der Waals surface area contributed by atoms with Gasteiger partial charge >= 0.3 is 0 Å². The third kappa shape index (κ3) is 3.94. The Bertz CT molecular complexity index is 770. The second kappa shape index (κ2) is 7.66. The van der Waals surface area contributed by atoms with Gasteiger partial charge in [-0.1, -0.05) is 33.8 Å². The number of likely N-dealkylation sites (tertiary alicyclic amines) is 1. The second-order valence-electron chi connectivity index (χ2n) is 7.68. The zero-order valence-corrected chi connectivity index (χ0v) is 17.3. The number of rotatable bonds is 5. The normalized spacial score (nSPS) is 20.4. The number of amides is 1. The third-order valence-corrected chi connectivity index (χ3v) is 7.43. The van der Waals surface area contributed by atoms with Gasteiger partial charge in [-0.15, -0.1) is 0 Å². The highest BCUT2D eigenvalue weighted by Crippen LogP contribution is 2.29. The van der Waals surface area contributed by atoms with E-state index >= 15 is 0 Å². The Kier molecular flexibility index (Phi) is 6.15. The number of nitrogens with zero attached hydrogens (tertiary/aromatic N) is 2. The lowest BCUT2D eigenvalue weighted by Crippen LogP contribution is -2.54. The smallest absolute Gasteiger partial charge is 0.254 e. The first-order valence-corrected chi connectivity index (χ1v) is 10.6. The molecule has 0 spiro atoms. The number of piperidine rings is 1. The molecule has 1 aromatic carbocycles. The average molecular weight is 382 g/mol. The molecule has 1 atom stereocenters. The summed E-state index contributed by atoms with van der Waals surface area (Å²) in [4.78, 5) is 15.0. The van der Waals surface area contributed by atoms with E-state index in [1.807, 2.05) is 6.92 Å². The number of nitrogens with two attached hydrogens (primary N) is 1. The molecule has 2 rings (SSSR count). The van der Waals surface area contributed by atoms with Crippen LogP contribution in [0.5, 0.6) is 0 Å². The molecule has 6 nitrogen and oxygen atoms in total. The van der Waals surface area contributed by atoms with E-state index in [1.54, 1.807) is 30.9 Å². The van der Waals surface area contributed by atoms with Crippen LogP contribution in [0.4, 0.5) is 0 Å². The summed E-state index contributed by atoms with van der Waals surface area (Å²) in [6, 6.07) is 4.87. The Balaban J connectivity index is 2.37. The maximum absolute atomic E-state index is 13.1. The van der Waals surface area contributed by atoms with Crippen LogP contribution in [0.3, 0.4) is 0 Å². The molecule has 2 N–H and O–H groups in total. The van der Waals surface area contributed by atoms with Crippen LogP contribution in [0, 0.1) is 12.3 Å². The molecule has 0 saturated carbocycles. The summed E-state index contributed by atoms with van der Waals surface area (Å²) < 4.78 is 27.0. The first-order valence-electron chi connectivity index (χ1n) is 9.20. The summed E-state index contributed by atoms with van der Waals surface area (Å²) in [6.07, 6.45) is 0.745. The number of hydrogen-bond donors (Lipinski definition) is 1. The zero-order chi connectivity index (χ0) is 19.7. The molecule has 1 aliphatic rings. The van der Waals surface area contributed by atoms with Crippen LogP contribution in [0.25, 0.3) is 0 Å². The molecular formula is C19H31N3O3S. The molecule has 7 heteroatoms. The highest BCUT2D eigenvalue weighted by atomic mass is 32.2. The molecule has 1 saturated heterocycles. The van der Waals surface area contributed by atoms with Gasteiger partial charge in [0.2, 0.25) is 10.0 Å². The molecule has 26 heavy (non-hydrogen) atoms. The summed E-state index contributed by atoms with van der Waals surface area (Å²) in [6.45, 7) is 11.5. The lowest BCUT2D eigenvalue weighted by atomic mass is 9.79. The molecule has 0 radical (unpaired) electrons. The van der Waals surface area contributed by atoms with E-state index in [4.69, 9.17) is 5.73 Å². The summed E-state index contributed by atoms with van der Waals surface area (Å²) in [5.74, 6) is -0.126. The van der Waals surface area contributed by atoms with Crippen molar-refractivity contribution in [1.82, 2.24) is 9.21 Å². The monoisotopic (exact) mass is 381 g/mol. The van der Waals surface area contributed by atoms with E-state index in [-0.39, 0.29) is 22.3 Å². The van der Waals surface area contributed by atoms with Crippen molar-refractivity contribution in [2.45, 2.75) is 52.0 Å². The number of carbonyl (C=O) groups is 1. The Labute approximate surface area is 157 Å². The van der Waals surface area contributed by atoms with Crippen LogP contribution >= 0.6 is 0 Å². The van der Waals surface area contributed by atoms with Crippen LogP contribution in [-0.2, 0) is 10.0 Å². The van der Waals surface area contributed by atoms with E-state index in [0.29, 0.717) is 31.7 Å². The number of hydrogen-bond acceptors (Lipinski definition) is 4. The first kappa shape index (κ1) is 20.9. The average Bonchev–Trinajstić information content (AvgIpc) is 2.57. The molecule has 0 aliphatic carbocycles. The van der Waals surface area contributed by atoms with Crippen LogP contribution in [0.15, 0.2) is 23.1 Å². The summed E-state index contributed by atoms with van der Waals surface area (Å²) in [5, 5.41) is 0.